The summed E-state index contributed by atoms with van der Waals surface area (Å²) in [5, 5.41) is 13.0. The zero-order valence-electron chi connectivity index (χ0n) is 23.8. The largest absolute Gasteiger partial charge is 0.427 e. The number of aryl methyl sites for hydroxylation is 1. The molecular formula is C32H37N3O6. The summed E-state index contributed by atoms with van der Waals surface area (Å²) < 4.78 is 5.91. The SMILES string of the molecule is CC(C1CC1)C(C(=O)NCc1ccccc1)N1C(=O)O[C@@]2(CCc3cc(C4CN(C(=O)C(C)(C)O)C4)ccc32)C1=O. The summed E-state index contributed by atoms with van der Waals surface area (Å²) in [6.07, 6.45) is 2.07. The summed E-state index contributed by atoms with van der Waals surface area (Å²) in [6, 6.07) is 14.4. The van der Waals surface area contributed by atoms with E-state index in [-0.39, 0.29) is 29.6 Å². The predicted molar refractivity (Wildman–Crippen MR) is 149 cm³/mol. The first-order valence-electron chi connectivity index (χ1n) is 14.5. The monoisotopic (exact) mass is 559 g/mol. The van der Waals surface area contributed by atoms with E-state index in [2.05, 4.69) is 5.32 Å². The van der Waals surface area contributed by atoms with E-state index in [9.17, 15) is 24.3 Å². The number of carbonyl (C=O) groups excluding carboxylic acids is 4. The quantitative estimate of drug-likeness (QED) is 0.513. The molecule has 216 valence electrons. The summed E-state index contributed by atoms with van der Waals surface area (Å²) in [4.78, 5) is 56.1. The molecule has 2 aromatic carbocycles. The fourth-order valence-corrected chi connectivity index (χ4v) is 6.60. The molecule has 0 bridgehead atoms. The van der Waals surface area contributed by atoms with Crippen molar-refractivity contribution in [2.75, 3.05) is 13.1 Å². The number of carbonyl (C=O) groups is 4. The number of benzene rings is 2. The number of aliphatic hydroxyl groups is 1. The Morgan fingerprint density at radius 2 is 1.83 bits per heavy atom. The lowest BCUT2D eigenvalue weighted by Crippen LogP contribution is -2.55. The van der Waals surface area contributed by atoms with Gasteiger partial charge in [-0.15, -0.1) is 0 Å². The van der Waals surface area contributed by atoms with Crippen LogP contribution in [0.1, 0.15) is 68.2 Å². The molecule has 0 aromatic heterocycles. The van der Waals surface area contributed by atoms with Gasteiger partial charge in [-0.2, -0.15) is 0 Å². The van der Waals surface area contributed by atoms with E-state index >= 15 is 0 Å². The second-order valence-electron chi connectivity index (χ2n) is 12.6. The minimum Gasteiger partial charge on any atom is -0.427 e. The van der Waals surface area contributed by atoms with Crippen LogP contribution in [0.25, 0.3) is 0 Å². The van der Waals surface area contributed by atoms with Crippen molar-refractivity contribution >= 4 is 23.8 Å². The van der Waals surface area contributed by atoms with Gasteiger partial charge in [-0.1, -0.05) is 55.5 Å². The predicted octanol–water partition coefficient (Wildman–Crippen LogP) is 3.23. The minimum absolute atomic E-state index is 0.138. The Kier molecular flexibility index (Phi) is 6.68. The van der Waals surface area contributed by atoms with Gasteiger partial charge in [-0.3, -0.25) is 14.4 Å². The minimum atomic E-state index is -1.42. The number of hydrogen-bond acceptors (Lipinski definition) is 6. The lowest BCUT2D eigenvalue weighted by atomic mass is 9.86. The van der Waals surface area contributed by atoms with Gasteiger partial charge in [0.2, 0.25) is 11.5 Å². The summed E-state index contributed by atoms with van der Waals surface area (Å²) in [5.74, 6) is -0.873. The Labute approximate surface area is 239 Å². The van der Waals surface area contributed by atoms with Gasteiger partial charge in [0, 0.05) is 37.5 Å². The number of nitrogens with one attached hydrogen (secondary N) is 1. The molecule has 6 rings (SSSR count). The molecule has 1 saturated carbocycles. The molecule has 2 aliphatic carbocycles. The first kappa shape index (κ1) is 27.4. The zero-order valence-corrected chi connectivity index (χ0v) is 23.8. The number of ether oxygens (including phenoxy) is 1. The standard InChI is InChI=1S/C32H37N3O6/c1-19(21-9-10-21)26(27(36)33-16-20-7-5-4-6-8-20)35-29(38)32(41-30(35)39)14-13-23-15-22(11-12-25(23)32)24-17-34(18-24)28(37)31(2,3)40/h4-8,11-12,15,19,21,24,26,40H,9-10,13-14,16-18H2,1-3H3,(H,33,36)/t19?,26?,32-/m1/s1. The third kappa shape index (κ3) is 4.80. The average Bonchev–Trinajstić information content (AvgIpc) is 3.66. The van der Waals surface area contributed by atoms with Crippen LogP contribution in [0.3, 0.4) is 0 Å². The molecule has 41 heavy (non-hydrogen) atoms. The van der Waals surface area contributed by atoms with Crippen molar-refractivity contribution in [2.45, 2.75) is 76.2 Å². The molecule has 2 unspecified atom stereocenters. The third-order valence-corrected chi connectivity index (χ3v) is 9.22. The van der Waals surface area contributed by atoms with E-state index in [1.54, 1.807) is 4.90 Å². The molecule has 4 amide bonds. The summed E-state index contributed by atoms with van der Waals surface area (Å²) in [7, 11) is 0. The molecule has 3 fully saturated rings. The number of fused-ring (bicyclic) bond motifs is 2. The van der Waals surface area contributed by atoms with Gasteiger partial charge in [0.15, 0.2) is 0 Å². The number of nitrogens with zero attached hydrogens (tertiary/aromatic N) is 2. The summed E-state index contributed by atoms with van der Waals surface area (Å²) in [6.45, 7) is 6.27. The molecule has 2 aromatic rings. The lowest BCUT2D eigenvalue weighted by Gasteiger charge is -2.42. The first-order chi connectivity index (χ1) is 19.5. The Balaban J connectivity index is 1.21. The fourth-order valence-electron chi connectivity index (χ4n) is 6.60. The Morgan fingerprint density at radius 3 is 2.49 bits per heavy atom. The number of hydrogen-bond donors (Lipinski definition) is 2. The van der Waals surface area contributed by atoms with E-state index in [0.717, 1.165) is 34.4 Å². The third-order valence-electron chi connectivity index (χ3n) is 9.22. The van der Waals surface area contributed by atoms with E-state index in [1.807, 2.05) is 55.5 Å². The van der Waals surface area contributed by atoms with Crippen molar-refractivity contribution in [2.24, 2.45) is 11.8 Å². The van der Waals surface area contributed by atoms with Crippen molar-refractivity contribution in [1.82, 2.24) is 15.1 Å². The van der Waals surface area contributed by atoms with Gasteiger partial charge in [0.05, 0.1) is 0 Å². The van der Waals surface area contributed by atoms with Crippen LogP contribution in [0.5, 0.6) is 0 Å². The van der Waals surface area contributed by atoms with Gasteiger partial charge >= 0.3 is 6.09 Å². The van der Waals surface area contributed by atoms with E-state index in [1.165, 1.54) is 13.8 Å². The highest BCUT2D eigenvalue weighted by Crippen LogP contribution is 2.49. The van der Waals surface area contributed by atoms with Gasteiger partial charge < -0.3 is 20.1 Å². The Hall–Kier alpha value is -3.72. The number of imide groups is 1. The average molecular weight is 560 g/mol. The van der Waals surface area contributed by atoms with Crippen molar-refractivity contribution in [1.29, 1.82) is 0 Å². The second kappa shape index (κ2) is 9.98. The number of likely N-dealkylation sites (tertiary alicyclic amines) is 1. The van der Waals surface area contributed by atoms with Gasteiger partial charge in [0.25, 0.3) is 11.8 Å². The zero-order chi connectivity index (χ0) is 29.1. The lowest BCUT2D eigenvalue weighted by molar-refractivity contribution is -0.152. The fraction of sp³-hybridized carbons (Fsp3) is 0.500. The van der Waals surface area contributed by atoms with Crippen LogP contribution >= 0.6 is 0 Å². The van der Waals surface area contributed by atoms with Gasteiger partial charge in [0.1, 0.15) is 11.6 Å². The van der Waals surface area contributed by atoms with Crippen LogP contribution < -0.4 is 5.32 Å². The number of rotatable bonds is 8. The van der Waals surface area contributed by atoms with Crippen molar-refractivity contribution in [3.05, 3.63) is 70.8 Å². The van der Waals surface area contributed by atoms with Gasteiger partial charge in [-0.25, -0.2) is 9.69 Å². The van der Waals surface area contributed by atoms with Crippen LogP contribution in [0.15, 0.2) is 48.5 Å². The normalized spacial score (nSPS) is 23.7. The topological polar surface area (TPSA) is 116 Å². The second-order valence-corrected chi connectivity index (χ2v) is 12.6. The van der Waals surface area contributed by atoms with Crippen LogP contribution in [-0.4, -0.2) is 63.5 Å². The highest BCUT2D eigenvalue weighted by molar-refractivity contribution is 6.07. The molecule has 2 aliphatic heterocycles. The van der Waals surface area contributed by atoms with Crippen molar-refractivity contribution < 1.29 is 29.0 Å². The van der Waals surface area contributed by atoms with Crippen LogP contribution in [-0.2, 0) is 37.7 Å². The van der Waals surface area contributed by atoms with Crippen molar-refractivity contribution in [3.8, 4) is 0 Å². The molecular weight excluding hydrogens is 522 g/mol. The summed E-state index contributed by atoms with van der Waals surface area (Å²) >= 11 is 0. The molecule has 9 nitrogen and oxygen atoms in total. The Bertz CT molecular complexity index is 1390. The van der Waals surface area contributed by atoms with E-state index < -0.39 is 29.2 Å². The van der Waals surface area contributed by atoms with Crippen LogP contribution in [0.2, 0.25) is 0 Å². The van der Waals surface area contributed by atoms with Crippen LogP contribution in [0, 0.1) is 11.8 Å². The molecule has 2 N–H and O–H groups in total. The van der Waals surface area contributed by atoms with E-state index in [0.29, 0.717) is 38.0 Å². The molecule has 3 atom stereocenters. The molecule has 0 radical (unpaired) electrons. The van der Waals surface area contributed by atoms with Crippen LogP contribution in [0.4, 0.5) is 4.79 Å². The summed E-state index contributed by atoms with van der Waals surface area (Å²) in [5.41, 5.74) is 0.779. The van der Waals surface area contributed by atoms with E-state index in [4.69, 9.17) is 4.74 Å². The molecule has 1 spiro atoms. The Morgan fingerprint density at radius 1 is 1.12 bits per heavy atom. The maximum atomic E-state index is 14.1. The molecule has 2 heterocycles. The highest BCUT2D eigenvalue weighted by Gasteiger charge is 2.61. The molecule has 2 saturated heterocycles. The highest BCUT2D eigenvalue weighted by atomic mass is 16.6. The smallest absolute Gasteiger partial charge is 0.418 e. The first-order valence-corrected chi connectivity index (χ1v) is 14.5. The van der Waals surface area contributed by atoms with Gasteiger partial charge in [-0.05, 0) is 61.6 Å². The maximum Gasteiger partial charge on any atom is 0.418 e. The molecule has 4 aliphatic rings. The maximum absolute atomic E-state index is 14.1. The number of amides is 4. The molecule has 9 heteroatoms. The van der Waals surface area contributed by atoms with Crippen molar-refractivity contribution in [3.63, 3.8) is 0 Å².